The molecule has 0 spiro atoms. The van der Waals surface area contributed by atoms with E-state index in [1.807, 2.05) is 4.90 Å². The van der Waals surface area contributed by atoms with Crippen molar-refractivity contribution in [1.82, 2.24) is 10.2 Å². The molecule has 1 heterocycles. The summed E-state index contributed by atoms with van der Waals surface area (Å²) < 4.78 is 0. The zero-order valence-electron chi connectivity index (χ0n) is 11.3. The van der Waals surface area contributed by atoms with Gasteiger partial charge in [-0.3, -0.25) is 10.1 Å². The van der Waals surface area contributed by atoms with Crippen LogP contribution < -0.4 is 5.32 Å². The first kappa shape index (κ1) is 13.5. The van der Waals surface area contributed by atoms with Crippen molar-refractivity contribution in [2.75, 3.05) is 6.54 Å². The van der Waals surface area contributed by atoms with Crippen LogP contribution in [0, 0.1) is 11.8 Å². The Hall–Kier alpha value is -0.570. The van der Waals surface area contributed by atoms with E-state index in [4.69, 9.17) is 0 Å². The third-order valence-electron chi connectivity index (χ3n) is 3.53. The molecular weight excluding hydrogens is 200 g/mol. The summed E-state index contributed by atoms with van der Waals surface area (Å²) >= 11 is 0. The van der Waals surface area contributed by atoms with Gasteiger partial charge in [-0.1, -0.05) is 41.0 Å². The Morgan fingerprint density at radius 2 is 1.94 bits per heavy atom. The lowest BCUT2D eigenvalue weighted by Gasteiger charge is -2.29. The van der Waals surface area contributed by atoms with Crippen molar-refractivity contribution >= 4 is 5.91 Å². The minimum atomic E-state index is 0.0384. The van der Waals surface area contributed by atoms with Gasteiger partial charge in [-0.15, -0.1) is 0 Å². The van der Waals surface area contributed by atoms with Crippen LogP contribution in [0.4, 0.5) is 0 Å². The van der Waals surface area contributed by atoms with Crippen molar-refractivity contribution in [2.24, 2.45) is 11.8 Å². The highest BCUT2D eigenvalue weighted by Gasteiger charge is 2.39. The van der Waals surface area contributed by atoms with Crippen LogP contribution in [-0.2, 0) is 4.79 Å². The molecule has 3 atom stereocenters. The summed E-state index contributed by atoms with van der Waals surface area (Å²) in [5, 5.41) is 3.45. The average Bonchev–Trinajstić information content (AvgIpc) is 2.56. The first-order chi connectivity index (χ1) is 7.51. The van der Waals surface area contributed by atoms with E-state index in [2.05, 4.69) is 39.9 Å². The van der Waals surface area contributed by atoms with Crippen LogP contribution in [0.5, 0.6) is 0 Å². The highest BCUT2D eigenvalue weighted by atomic mass is 16.2. The van der Waals surface area contributed by atoms with Gasteiger partial charge in [-0.25, -0.2) is 0 Å². The number of rotatable bonds is 5. The second-order valence-corrected chi connectivity index (χ2v) is 5.32. The zero-order valence-corrected chi connectivity index (χ0v) is 11.3. The van der Waals surface area contributed by atoms with Crippen molar-refractivity contribution in [3.05, 3.63) is 0 Å². The summed E-state index contributed by atoms with van der Waals surface area (Å²) in [6.45, 7) is 11.7. The Bertz CT molecular complexity index is 240. The second kappa shape index (κ2) is 5.67. The van der Waals surface area contributed by atoms with Gasteiger partial charge >= 0.3 is 0 Å². The molecule has 1 aliphatic heterocycles. The molecule has 0 aromatic heterocycles. The molecule has 3 heteroatoms. The third kappa shape index (κ3) is 2.76. The predicted molar refractivity (Wildman–Crippen MR) is 67.0 cm³/mol. The minimum Gasteiger partial charge on any atom is -0.325 e. The van der Waals surface area contributed by atoms with E-state index >= 15 is 0 Å². The lowest BCUT2D eigenvalue weighted by molar-refractivity contribution is -0.131. The van der Waals surface area contributed by atoms with Crippen molar-refractivity contribution in [3.63, 3.8) is 0 Å². The fourth-order valence-electron chi connectivity index (χ4n) is 2.22. The molecule has 0 aromatic rings. The van der Waals surface area contributed by atoms with Gasteiger partial charge in [0.1, 0.15) is 0 Å². The highest BCUT2D eigenvalue weighted by molar-refractivity contribution is 5.84. The van der Waals surface area contributed by atoms with E-state index < -0.39 is 0 Å². The first-order valence-electron chi connectivity index (χ1n) is 6.57. The fraction of sp³-hybridized carbons (Fsp3) is 0.923. The van der Waals surface area contributed by atoms with Gasteiger partial charge in [-0.2, -0.15) is 0 Å². The summed E-state index contributed by atoms with van der Waals surface area (Å²) in [4.78, 5) is 14.2. The maximum absolute atomic E-state index is 12.2. The Kier molecular flexibility index (Phi) is 4.78. The molecule has 94 valence electrons. The summed E-state index contributed by atoms with van der Waals surface area (Å²) in [5.41, 5.74) is 0. The van der Waals surface area contributed by atoms with Crippen molar-refractivity contribution in [1.29, 1.82) is 0 Å². The maximum atomic E-state index is 12.2. The van der Waals surface area contributed by atoms with E-state index in [0.29, 0.717) is 17.7 Å². The van der Waals surface area contributed by atoms with Crippen LogP contribution in [0.1, 0.15) is 47.5 Å². The van der Waals surface area contributed by atoms with Gasteiger partial charge in [0.2, 0.25) is 5.91 Å². The zero-order chi connectivity index (χ0) is 12.3. The number of hydrogen-bond donors (Lipinski definition) is 1. The van der Waals surface area contributed by atoms with E-state index in [0.717, 1.165) is 19.4 Å². The molecule has 16 heavy (non-hydrogen) atoms. The number of nitrogens with zero attached hydrogens (tertiary/aromatic N) is 1. The molecule has 0 bridgehead atoms. The van der Waals surface area contributed by atoms with Crippen LogP contribution in [0.15, 0.2) is 0 Å². The SMILES string of the molecule is CCC(C)CN1C(=O)C(CC)NC1C(C)C. The molecule has 0 radical (unpaired) electrons. The Morgan fingerprint density at radius 3 is 2.38 bits per heavy atom. The Morgan fingerprint density at radius 1 is 1.31 bits per heavy atom. The maximum Gasteiger partial charge on any atom is 0.241 e. The molecule has 0 aliphatic carbocycles. The van der Waals surface area contributed by atoms with Gasteiger partial charge in [0.25, 0.3) is 0 Å². The van der Waals surface area contributed by atoms with Crippen molar-refractivity contribution < 1.29 is 4.79 Å². The van der Waals surface area contributed by atoms with Gasteiger partial charge in [-0.05, 0) is 18.3 Å². The summed E-state index contributed by atoms with van der Waals surface area (Å²) in [6, 6.07) is 0.0384. The third-order valence-corrected chi connectivity index (χ3v) is 3.53. The van der Waals surface area contributed by atoms with Crippen LogP contribution >= 0.6 is 0 Å². The van der Waals surface area contributed by atoms with Crippen LogP contribution in [-0.4, -0.2) is 29.6 Å². The van der Waals surface area contributed by atoms with Gasteiger partial charge < -0.3 is 4.90 Å². The van der Waals surface area contributed by atoms with Gasteiger partial charge in [0.05, 0.1) is 12.2 Å². The molecule has 1 saturated heterocycles. The molecular formula is C13H26N2O. The molecule has 1 N–H and O–H groups in total. The lowest BCUT2D eigenvalue weighted by atomic mass is 10.1. The number of amides is 1. The first-order valence-corrected chi connectivity index (χ1v) is 6.57. The number of carbonyl (C=O) groups excluding carboxylic acids is 1. The average molecular weight is 226 g/mol. The van der Waals surface area contributed by atoms with Crippen LogP contribution in [0.2, 0.25) is 0 Å². The van der Waals surface area contributed by atoms with E-state index in [1.54, 1.807) is 0 Å². The topological polar surface area (TPSA) is 32.3 Å². The van der Waals surface area contributed by atoms with Gasteiger partial charge in [0.15, 0.2) is 0 Å². The smallest absolute Gasteiger partial charge is 0.241 e. The number of hydrogen-bond acceptors (Lipinski definition) is 2. The molecule has 3 nitrogen and oxygen atoms in total. The Labute approximate surface area is 99.6 Å². The molecule has 1 rings (SSSR count). The summed E-state index contributed by atoms with van der Waals surface area (Å²) in [5.74, 6) is 1.36. The lowest BCUT2D eigenvalue weighted by Crippen LogP contribution is -2.43. The number of carbonyl (C=O) groups is 1. The van der Waals surface area contributed by atoms with Crippen molar-refractivity contribution in [2.45, 2.75) is 59.7 Å². The largest absolute Gasteiger partial charge is 0.325 e. The molecule has 0 saturated carbocycles. The molecule has 0 aromatic carbocycles. The molecule has 1 amide bonds. The normalized spacial score (nSPS) is 27.9. The predicted octanol–water partition coefficient (Wildman–Crippen LogP) is 2.22. The summed E-state index contributed by atoms with van der Waals surface area (Å²) in [6.07, 6.45) is 2.25. The molecule has 3 unspecified atom stereocenters. The van der Waals surface area contributed by atoms with E-state index in [9.17, 15) is 4.79 Å². The Balaban J connectivity index is 2.72. The molecule has 1 aliphatic rings. The van der Waals surface area contributed by atoms with Crippen molar-refractivity contribution in [3.8, 4) is 0 Å². The van der Waals surface area contributed by atoms with E-state index in [1.165, 1.54) is 0 Å². The second-order valence-electron chi connectivity index (χ2n) is 5.32. The quantitative estimate of drug-likeness (QED) is 0.779. The molecule has 1 fully saturated rings. The van der Waals surface area contributed by atoms with Crippen LogP contribution in [0.25, 0.3) is 0 Å². The van der Waals surface area contributed by atoms with E-state index in [-0.39, 0.29) is 12.2 Å². The van der Waals surface area contributed by atoms with Gasteiger partial charge in [0, 0.05) is 6.54 Å². The minimum absolute atomic E-state index is 0.0384. The monoisotopic (exact) mass is 226 g/mol. The fourth-order valence-corrected chi connectivity index (χ4v) is 2.22. The van der Waals surface area contributed by atoms with Crippen LogP contribution in [0.3, 0.4) is 0 Å². The standard InChI is InChI=1S/C13H26N2O/c1-6-10(5)8-15-12(9(3)4)14-11(7-2)13(15)16/h9-12,14H,6-8H2,1-5H3. The number of nitrogens with one attached hydrogen (secondary N) is 1. The highest BCUT2D eigenvalue weighted by Crippen LogP contribution is 2.21. The summed E-state index contributed by atoms with van der Waals surface area (Å²) in [7, 11) is 0.